The van der Waals surface area contributed by atoms with E-state index in [-0.39, 0.29) is 24.9 Å². The average Bonchev–Trinajstić information content (AvgIpc) is 2.52. The zero-order chi connectivity index (χ0) is 16.4. The Balaban J connectivity index is 2.35. The molecule has 7 heteroatoms. The number of aliphatic hydroxyl groups is 1. The summed E-state index contributed by atoms with van der Waals surface area (Å²) in [6.07, 6.45) is -0.757. The van der Waals surface area contributed by atoms with E-state index >= 15 is 0 Å². The molecule has 0 fully saturated rings. The third-order valence-corrected chi connectivity index (χ3v) is 4.18. The zero-order valence-electron chi connectivity index (χ0n) is 12.4. The van der Waals surface area contributed by atoms with Crippen LogP contribution in [0.2, 0.25) is 0 Å². The Labute approximate surface area is 133 Å². The fourth-order valence-electron chi connectivity index (χ4n) is 1.52. The molecule has 0 aliphatic carbocycles. The van der Waals surface area contributed by atoms with Gasteiger partial charge in [0.1, 0.15) is 12.6 Å². The van der Waals surface area contributed by atoms with Crippen molar-refractivity contribution in [3.05, 3.63) is 35.9 Å². The van der Waals surface area contributed by atoms with Crippen molar-refractivity contribution in [2.75, 3.05) is 18.1 Å². The summed E-state index contributed by atoms with van der Waals surface area (Å²) in [5, 5.41) is 20.3. The van der Waals surface area contributed by atoms with Crippen LogP contribution in [0.4, 0.5) is 4.79 Å². The van der Waals surface area contributed by atoms with E-state index in [4.69, 9.17) is 14.9 Å². The highest BCUT2D eigenvalue weighted by Gasteiger charge is 2.21. The van der Waals surface area contributed by atoms with Gasteiger partial charge in [0, 0.05) is 12.4 Å². The van der Waals surface area contributed by atoms with Crippen LogP contribution < -0.4 is 5.32 Å². The highest BCUT2D eigenvalue weighted by Crippen LogP contribution is 2.10. The van der Waals surface area contributed by atoms with Crippen molar-refractivity contribution in [3.63, 3.8) is 0 Å². The van der Waals surface area contributed by atoms with Crippen LogP contribution >= 0.6 is 11.8 Å². The minimum absolute atomic E-state index is 0.0529. The van der Waals surface area contributed by atoms with Gasteiger partial charge in [-0.3, -0.25) is 0 Å². The number of alkyl carbamates (subject to hydrolysis) is 1. The smallest absolute Gasteiger partial charge is 0.408 e. The first-order valence-corrected chi connectivity index (χ1v) is 8.07. The van der Waals surface area contributed by atoms with Gasteiger partial charge in [0.25, 0.3) is 0 Å². The van der Waals surface area contributed by atoms with E-state index < -0.39 is 18.1 Å². The number of hydrogen-bond acceptors (Lipinski definition) is 5. The van der Waals surface area contributed by atoms with Crippen LogP contribution in [0.5, 0.6) is 0 Å². The number of amides is 1. The fraction of sp³-hybridized carbons (Fsp3) is 0.467. The number of carbonyl (C=O) groups excluding carboxylic acids is 1. The lowest BCUT2D eigenvalue weighted by Gasteiger charge is -2.15. The highest BCUT2D eigenvalue weighted by molar-refractivity contribution is 7.99. The van der Waals surface area contributed by atoms with Crippen molar-refractivity contribution in [1.29, 1.82) is 0 Å². The van der Waals surface area contributed by atoms with E-state index in [0.29, 0.717) is 5.75 Å². The Morgan fingerprint density at radius 3 is 2.55 bits per heavy atom. The largest absolute Gasteiger partial charge is 0.480 e. The van der Waals surface area contributed by atoms with E-state index in [0.717, 1.165) is 5.56 Å². The minimum atomic E-state index is -1.11. The van der Waals surface area contributed by atoms with Crippen LogP contribution in [-0.4, -0.2) is 46.4 Å². The van der Waals surface area contributed by atoms with Crippen LogP contribution in [-0.2, 0) is 16.1 Å². The molecular weight excluding hydrogens is 306 g/mol. The summed E-state index contributed by atoms with van der Waals surface area (Å²) in [6.45, 7) is 2.01. The van der Waals surface area contributed by atoms with Gasteiger partial charge in [-0.2, -0.15) is 11.8 Å². The van der Waals surface area contributed by atoms with Crippen LogP contribution in [0, 0.1) is 5.92 Å². The molecular formula is C15H21NO5S. The number of ether oxygens (including phenoxy) is 1. The van der Waals surface area contributed by atoms with E-state index in [1.54, 1.807) is 0 Å². The number of carboxylic acids is 1. The van der Waals surface area contributed by atoms with Crippen LogP contribution in [0.1, 0.15) is 12.5 Å². The molecule has 0 heterocycles. The SMILES string of the molecule is CC(CO)CSCC(NC(=O)OCc1ccccc1)C(=O)O. The summed E-state index contributed by atoms with van der Waals surface area (Å²) in [7, 11) is 0. The average molecular weight is 327 g/mol. The maximum absolute atomic E-state index is 11.6. The van der Waals surface area contributed by atoms with Crippen molar-refractivity contribution in [2.24, 2.45) is 5.92 Å². The molecule has 2 unspecified atom stereocenters. The first-order valence-electron chi connectivity index (χ1n) is 6.91. The summed E-state index contributed by atoms with van der Waals surface area (Å²) < 4.78 is 4.99. The van der Waals surface area contributed by atoms with Crippen molar-refractivity contribution in [1.82, 2.24) is 5.32 Å². The second-order valence-corrected chi connectivity index (χ2v) is 6.00. The van der Waals surface area contributed by atoms with Crippen molar-refractivity contribution in [2.45, 2.75) is 19.6 Å². The Kier molecular flexibility index (Phi) is 8.39. The lowest BCUT2D eigenvalue weighted by molar-refractivity contribution is -0.138. The predicted molar refractivity (Wildman–Crippen MR) is 84.8 cm³/mol. The topological polar surface area (TPSA) is 95.9 Å². The number of nitrogens with one attached hydrogen (secondary N) is 1. The van der Waals surface area contributed by atoms with Gasteiger partial charge in [-0.15, -0.1) is 0 Å². The van der Waals surface area contributed by atoms with Gasteiger partial charge >= 0.3 is 12.1 Å². The molecule has 0 saturated heterocycles. The van der Waals surface area contributed by atoms with Gasteiger partial charge in [0.05, 0.1) is 0 Å². The number of carboxylic acid groups (broad SMARTS) is 1. The van der Waals surface area contributed by atoms with E-state index in [1.165, 1.54) is 11.8 Å². The van der Waals surface area contributed by atoms with E-state index in [2.05, 4.69) is 5.32 Å². The van der Waals surface area contributed by atoms with Gasteiger partial charge in [-0.1, -0.05) is 37.3 Å². The number of carbonyl (C=O) groups is 2. The summed E-state index contributed by atoms with van der Waals surface area (Å²) >= 11 is 1.37. The standard InChI is InChI=1S/C15H21NO5S/c1-11(7-17)9-22-10-13(14(18)19)16-15(20)21-8-12-5-3-2-4-6-12/h2-6,11,13,17H,7-10H2,1H3,(H,16,20)(H,18,19). The molecule has 3 N–H and O–H groups in total. The van der Waals surface area contributed by atoms with Crippen molar-refractivity contribution in [3.8, 4) is 0 Å². The molecule has 0 bridgehead atoms. The second kappa shape index (κ2) is 10.1. The van der Waals surface area contributed by atoms with Crippen LogP contribution in [0.3, 0.4) is 0 Å². The quantitative estimate of drug-likeness (QED) is 0.639. The molecule has 22 heavy (non-hydrogen) atoms. The van der Waals surface area contributed by atoms with Crippen molar-refractivity contribution < 1.29 is 24.5 Å². The number of hydrogen-bond donors (Lipinski definition) is 3. The Morgan fingerprint density at radius 1 is 1.27 bits per heavy atom. The molecule has 0 aliphatic heterocycles. The van der Waals surface area contributed by atoms with Crippen LogP contribution in [0.15, 0.2) is 30.3 Å². The second-order valence-electron chi connectivity index (χ2n) is 4.92. The van der Waals surface area contributed by atoms with Gasteiger partial charge in [-0.05, 0) is 17.2 Å². The Hall–Kier alpha value is -1.73. The minimum Gasteiger partial charge on any atom is -0.480 e. The van der Waals surface area contributed by atoms with Gasteiger partial charge in [-0.25, -0.2) is 9.59 Å². The summed E-state index contributed by atoms with van der Waals surface area (Å²) in [5.74, 6) is -0.175. The van der Waals surface area contributed by atoms with Crippen LogP contribution in [0.25, 0.3) is 0 Å². The molecule has 1 aromatic rings. The third-order valence-electron chi connectivity index (χ3n) is 2.80. The number of aliphatic carboxylic acids is 1. The molecule has 0 saturated carbocycles. The van der Waals surface area contributed by atoms with Gasteiger partial charge in [0.15, 0.2) is 0 Å². The van der Waals surface area contributed by atoms with Gasteiger partial charge < -0.3 is 20.3 Å². The number of thioether (sulfide) groups is 1. The molecule has 1 rings (SSSR count). The van der Waals surface area contributed by atoms with Gasteiger partial charge in [0.2, 0.25) is 0 Å². The first-order chi connectivity index (χ1) is 10.5. The summed E-state index contributed by atoms with van der Waals surface area (Å²) in [4.78, 5) is 22.8. The lowest BCUT2D eigenvalue weighted by atomic mass is 10.2. The molecule has 1 amide bonds. The van der Waals surface area contributed by atoms with Crippen molar-refractivity contribution >= 4 is 23.8 Å². The fourth-order valence-corrected chi connectivity index (χ4v) is 2.63. The molecule has 0 aromatic heterocycles. The Bertz CT molecular complexity index is 468. The molecule has 0 radical (unpaired) electrons. The maximum atomic E-state index is 11.6. The zero-order valence-corrected chi connectivity index (χ0v) is 13.2. The molecule has 122 valence electrons. The maximum Gasteiger partial charge on any atom is 0.408 e. The molecule has 0 spiro atoms. The first kappa shape index (κ1) is 18.3. The molecule has 1 aromatic carbocycles. The van der Waals surface area contributed by atoms with E-state index in [9.17, 15) is 9.59 Å². The monoisotopic (exact) mass is 327 g/mol. The number of rotatable bonds is 9. The predicted octanol–water partition coefficient (Wildman–Crippen LogP) is 1.73. The molecule has 6 nitrogen and oxygen atoms in total. The summed E-state index contributed by atoms with van der Waals surface area (Å²) in [6, 6.07) is 8.13. The normalized spacial score (nSPS) is 13.2. The Morgan fingerprint density at radius 2 is 1.95 bits per heavy atom. The molecule has 0 aliphatic rings. The van der Waals surface area contributed by atoms with E-state index in [1.807, 2.05) is 37.3 Å². The number of aliphatic hydroxyl groups excluding tert-OH is 1. The summed E-state index contributed by atoms with van der Waals surface area (Å²) in [5.41, 5.74) is 0.829. The number of benzene rings is 1. The highest BCUT2D eigenvalue weighted by atomic mass is 32.2. The third kappa shape index (κ3) is 7.33. The molecule has 2 atom stereocenters. The lowest BCUT2D eigenvalue weighted by Crippen LogP contribution is -2.43.